The first kappa shape index (κ1) is 15.5. The molecule has 0 radical (unpaired) electrons. The number of nitriles is 1. The van der Waals surface area contributed by atoms with Crippen LogP contribution in [0.5, 0.6) is 0 Å². The lowest BCUT2D eigenvalue weighted by atomic mass is 9.73. The third-order valence-electron chi connectivity index (χ3n) is 4.61. The standard InChI is InChI=1S/C17H22N2O2/c18-14-17(11-6-2-1-3-7-12-17)13-10-15-8-4-5-9-16(15)19(20)21/h4-5,8-9H,1-3,6-7,10-13H2. The molecule has 0 aromatic heterocycles. The molecular weight excluding hydrogens is 264 g/mol. The Morgan fingerprint density at radius 1 is 1.14 bits per heavy atom. The van der Waals surface area contributed by atoms with E-state index in [4.69, 9.17) is 0 Å². The highest BCUT2D eigenvalue weighted by Crippen LogP contribution is 2.38. The second kappa shape index (κ2) is 7.21. The Hall–Kier alpha value is -1.89. The maximum absolute atomic E-state index is 11.1. The predicted molar refractivity (Wildman–Crippen MR) is 81.8 cm³/mol. The van der Waals surface area contributed by atoms with E-state index in [9.17, 15) is 15.4 Å². The summed E-state index contributed by atoms with van der Waals surface area (Å²) in [6, 6.07) is 9.42. The quantitative estimate of drug-likeness (QED) is 0.590. The van der Waals surface area contributed by atoms with E-state index in [1.807, 2.05) is 12.1 Å². The van der Waals surface area contributed by atoms with Crippen molar-refractivity contribution in [2.75, 3.05) is 0 Å². The molecule has 0 unspecified atom stereocenters. The van der Waals surface area contributed by atoms with E-state index in [0.717, 1.165) is 37.7 Å². The molecule has 1 fully saturated rings. The molecular formula is C17H22N2O2. The summed E-state index contributed by atoms with van der Waals surface area (Å²) in [7, 11) is 0. The van der Waals surface area contributed by atoms with Crippen LogP contribution in [-0.2, 0) is 6.42 Å². The minimum absolute atomic E-state index is 0.177. The van der Waals surface area contributed by atoms with Gasteiger partial charge >= 0.3 is 0 Å². The zero-order valence-corrected chi connectivity index (χ0v) is 12.4. The maximum Gasteiger partial charge on any atom is 0.272 e. The smallest absolute Gasteiger partial charge is 0.258 e. The fourth-order valence-electron chi connectivity index (χ4n) is 3.27. The first-order chi connectivity index (χ1) is 10.2. The molecule has 1 aliphatic carbocycles. The highest BCUT2D eigenvalue weighted by Gasteiger charge is 2.30. The topological polar surface area (TPSA) is 66.9 Å². The van der Waals surface area contributed by atoms with Crippen LogP contribution in [0.4, 0.5) is 5.69 Å². The van der Waals surface area contributed by atoms with Gasteiger partial charge in [0.2, 0.25) is 0 Å². The summed E-state index contributed by atoms with van der Waals surface area (Å²) < 4.78 is 0. The summed E-state index contributed by atoms with van der Waals surface area (Å²) in [5, 5.41) is 20.7. The third kappa shape index (κ3) is 4.04. The Kier molecular flexibility index (Phi) is 5.32. The Balaban J connectivity index is 2.09. The van der Waals surface area contributed by atoms with Gasteiger partial charge in [0.15, 0.2) is 0 Å². The van der Waals surface area contributed by atoms with E-state index in [2.05, 4.69) is 6.07 Å². The molecule has 0 aliphatic heterocycles. The number of benzene rings is 1. The Labute approximate surface area is 125 Å². The zero-order chi connectivity index (χ0) is 15.1. The first-order valence-electron chi connectivity index (χ1n) is 7.80. The highest BCUT2D eigenvalue weighted by atomic mass is 16.6. The van der Waals surface area contributed by atoms with Crippen molar-refractivity contribution < 1.29 is 4.92 Å². The van der Waals surface area contributed by atoms with Gasteiger partial charge in [-0.1, -0.05) is 50.3 Å². The molecule has 2 rings (SSSR count). The average molecular weight is 286 g/mol. The molecule has 0 amide bonds. The molecule has 1 aromatic rings. The van der Waals surface area contributed by atoms with Crippen LogP contribution in [-0.4, -0.2) is 4.92 Å². The van der Waals surface area contributed by atoms with Crippen molar-refractivity contribution in [1.82, 2.24) is 0 Å². The van der Waals surface area contributed by atoms with Crippen LogP contribution >= 0.6 is 0 Å². The minimum atomic E-state index is -0.327. The van der Waals surface area contributed by atoms with Crippen LogP contribution in [0.15, 0.2) is 24.3 Å². The molecule has 0 N–H and O–H groups in total. The summed E-state index contributed by atoms with van der Waals surface area (Å²) in [4.78, 5) is 10.7. The van der Waals surface area contributed by atoms with Crippen molar-refractivity contribution in [2.24, 2.45) is 5.41 Å². The minimum Gasteiger partial charge on any atom is -0.258 e. The van der Waals surface area contributed by atoms with Gasteiger partial charge in [0.1, 0.15) is 0 Å². The molecule has 0 atom stereocenters. The Bertz CT molecular complexity index is 526. The van der Waals surface area contributed by atoms with E-state index in [1.165, 1.54) is 19.3 Å². The molecule has 1 aromatic carbocycles. The molecule has 4 nitrogen and oxygen atoms in total. The van der Waals surface area contributed by atoms with E-state index in [-0.39, 0.29) is 16.0 Å². The lowest BCUT2D eigenvalue weighted by Crippen LogP contribution is -2.21. The van der Waals surface area contributed by atoms with E-state index in [1.54, 1.807) is 12.1 Å². The number of nitro groups is 1. The molecule has 0 spiro atoms. The van der Waals surface area contributed by atoms with E-state index in [0.29, 0.717) is 6.42 Å². The van der Waals surface area contributed by atoms with Crippen LogP contribution < -0.4 is 0 Å². The Morgan fingerprint density at radius 2 is 1.76 bits per heavy atom. The molecule has 0 bridgehead atoms. The predicted octanol–water partition coefficient (Wildman–Crippen LogP) is 4.78. The van der Waals surface area contributed by atoms with Gasteiger partial charge in [-0.05, 0) is 25.7 Å². The number of aryl methyl sites for hydroxylation is 1. The van der Waals surface area contributed by atoms with Gasteiger partial charge in [-0.25, -0.2) is 0 Å². The van der Waals surface area contributed by atoms with Gasteiger partial charge in [0.25, 0.3) is 5.69 Å². The number of hydrogen-bond donors (Lipinski definition) is 0. The average Bonchev–Trinajstić information content (AvgIpc) is 2.47. The molecule has 21 heavy (non-hydrogen) atoms. The highest BCUT2D eigenvalue weighted by molar-refractivity contribution is 5.40. The van der Waals surface area contributed by atoms with Crippen LogP contribution in [0.2, 0.25) is 0 Å². The first-order valence-corrected chi connectivity index (χ1v) is 7.80. The van der Waals surface area contributed by atoms with Gasteiger partial charge in [0.05, 0.1) is 16.4 Å². The van der Waals surface area contributed by atoms with Crippen LogP contribution in [0.1, 0.15) is 56.9 Å². The van der Waals surface area contributed by atoms with Crippen LogP contribution in [0, 0.1) is 26.9 Å². The fourth-order valence-corrected chi connectivity index (χ4v) is 3.27. The fraction of sp³-hybridized carbons (Fsp3) is 0.588. The normalized spacial score (nSPS) is 18.2. The lowest BCUT2D eigenvalue weighted by Gasteiger charge is -2.28. The monoisotopic (exact) mass is 286 g/mol. The van der Waals surface area contributed by atoms with Crippen molar-refractivity contribution >= 4 is 5.69 Å². The van der Waals surface area contributed by atoms with Gasteiger partial charge in [-0.2, -0.15) is 5.26 Å². The van der Waals surface area contributed by atoms with Crippen molar-refractivity contribution in [1.29, 1.82) is 5.26 Å². The van der Waals surface area contributed by atoms with Gasteiger partial charge < -0.3 is 0 Å². The van der Waals surface area contributed by atoms with Crippen molar-refractivity contribution in [3.63, 3.8) is 0 Å². The van der Waals surface area contributed by atoms with Gasteiger partial charge in [-0.3, -0.25) is 10.1 Å². The molecule has 1 saturated carbocycles. The number of nitro benzene ring substituents is 1. The second-order valence-corrected chi connectivity index (χ2v) is 6.05. The lowest BCUT2D eigenvalue weighted by molar-refractivity contribution is -0.385. The summed E-state index contributed by atoms with van der Waals surface area (Å²) in [6.45, 7) is 0. The SMILES string of the molecule is N#CC1(CCc2ccccc2[N+](=O)[O-])CCCCCCC1. The van der Waals surface area contributed by atoms with Crippen molar-refractivity contribution in [2.45, 2.75) is 57.8 Å². The molecule has 4 heteroatoms. The second-order valence-electron chi connectivity index (χ2n) is 6.05. The summed E-state index contributed by atoms with van der Waals surface area (Å²) in [6.07, 6.45) is 9.09. The maximum atomic E-state index is 11.1. The van der Waals surface area contributed by atoms with Crippen molar-refractivity contribution in [3.05, 3.63) is 39.9 Å². The third-order valence-corrected chi connectivity index (χ3v) is 4.61. The van der Waals surface area contributed by atoms with E-state index >= 15 is 0 Å². The van der Waals surface area contributed by atoms with Crippen molar-refractivity contribution in [3.8, 4) is 6.07 Å². The van der Waals surface area contributed by atoms with Gasteiger partial charge in [-0.15, -0.1) is 0 Å². The molecule has 0 saturated heterocycles. The summed E-state index contributed by atoms with van der Waals surface area (Å²) in [5.74, 6) is 0. The number of hydrogen-bond acceptors (Lipinski definition) is 3. The zero-order valence-electron chi connectivity index (χ0n) is 12.4. The molecule has 0 heterocycles. The number of para-hydroxylation sites is 1. The summed E-state index contributed by atoms with van der Waals surface area (Å²) >= 11 is 0. The Morgan fingerprint density at radius 3 is 2.38 bits per heavy atom. The largest absolute Gasteiger partial charge is 0.272 e. The van der Waals surface area contributed by atoms with Crippen LogP contribution in [0.3, 0.4) is 0 Å². The van der Waals surface area contributed by atoms with E-state index < -0.39 is 0 Å². The number of rotatable bonds is 4. The molecule has 112 valence electrons. The van der Waals surface area contributed by atoms with Crippen LogP contribution in [0.25, 0.3) is 0 Å². The number of nitrogens with zero attached hydrogens (tertiary/aromatic N) is 2. The van der Waals surface area contributed by atoms with Gasteiger partial charge in [0, 0.05) is 11.6 Å². The molecule has 1 aliphatic rings. The summed E-state index contributed by atoms with van der Waals surface area (Å²) in [5.41, 5.74) is 0.639.